The predicted molar refractivity (Wildman–Crippen MR) is 290 cm³/mol. The van der Waals surface area contributed by atoms with E-state index in [0.717, 1.165) is 86.3 Å². The molecule has 3 aromatic carbocycles. The third-order valence-electron chi connectivity index (χ3n) is 11.4. The smallest absolute Gasteiger partial charge is 0.407 e. The summed E-state index contributed by atoms with van der Waals surface area (Å²) >= 11 is 5.66. The molecule has 1 aromatic heterocycles. The van der Waals surface area contributed by atoms with Crippen LogP contribution in [0.2, 0.25) is 0 Å². The number of hydrogen-bond donors (Lipinski definition) is 5. The van der Waals surface area contributed by atoms with Crippen LogP contribution in [-0.2, 0) is 49.9 Å². The number of alkyl halides is 1. The van der Waals surface area contributed by atoms with Gasteiger partial charge < -0.3 is 63.9 Å². The molecule has 0 aliphatic carbocycles. The Balaban J connectivity index is 0.911. The average Bonchev–Trinajstić information content (AvgIpc) is 3.86. The van der Waals surface area contributed by atoms with Gasteiger partial charge in [0, 0.05) is 74.0 Å². The van der Waals surface area contributed by atoms with Gasteiger partial charge in [0.25, 0.3) is 0 Å². The maximum atomic E-state index is 13.7. The minimum atomic E-state index is -0.640. The second kappa shape index (κ2) is 35.2. The Morgan fingerprint density at radius 3 is 1.99 bits per heavy atom. The van der Waals surface area contributed by atoms with Crippen LogP contribution in [0.5, 0.6) is 5.75 Å². The Kier molecular flexibility index (Phi) is 28.1. The lowest BCUT2D eigenvalue weighted by molar-refractivity contribution is 0.0276. The standard InChI is InChI=1S/C54H77ClN8O13/c1-54(2,3)48-40-49(60-50(64)59-46-17-18-47(45-16-7-6-15-44(45)46)73-32-24-62-22-30-71-31-23-62)63(61-48)43-14-12-13-42(39-43)41-58-53(67)75-27-11-10-26-74-51(65)56-20-28-70-35-36-72-37-38-76-52(66)57-21-29-69-34-33-68-25-9-5-4-8-19-55/h6-7,10-18,39-40H,4-5,8-9,19-38,41H2,1-3H3,(H,56,65)(H,57,66)(H,58,67)(H2,59,60,64)/b11-10+. The number of nitrogens with one attached hydrogen (secondary N) is 5. The van der Waals surface area contributed by atoms with Gasteiger partial charge in [-0.2, -0.15) is 5.10 Å². The molecule has 1 saturated heterocycles. The number of nitrogens with zero attached hydrogens (tertiary/aromatic N) is 3. The Morgan fingerprint density at radius 1 is 0.658 bits per heavy atom. The number of halogens is 1. The van der Waals surface area contributed by atoms with E-state index in [0.29, 0.717) is 62.7 Å². The Morgan fingerprint density at radius 2 is 1.29 bits per heavy atom. The van der Waals surface area contributed by atoms with Crippen molar-refractivity contribution >= 4 is 58.2 Å². The van der Waals surface area contributed by atoms with Crippen LogP contribution in [0.15, 0.2) is 78.9 Å². The number of carbonyl (C=O) groups excluding carboxylic acids is 4. The van der Waals surface area contributed by atoms with Gasteiger partial charge in [-0.25, -0.2) is 23.9 Å². The number of rotatable bonds is 34. The van der Waals surface area contributed by atoms with Crippen molar-refractivity contribution < 1.29 is 61.8 Å². The number of alkyl carbamates (subject to hydrolysis) is 3. The fourth-order valence-electron chi connectivity index (χ4n) is 7.37. The minimum Gasteiger partial charge on any atom is -0.492 e. The third kappa shape index (κ3) is 23.8. The number of fused-ring (bicyclic) bond motifs is 1. The Bertz CT molecular complexity index is 2380. The molecule has 0 spiro atoms. The Labute approximate surface area is 450 Å². The molecule has 1 aliphatic heterocycles. The molecule has 0 bridgehead atoms. The number of hydrogen-bond acceptors (Lipinski definition) is 15. The number of carbonyl (C=O) groups is 4. The summed E-state index contributed by atoms with van der Waals surface area (Å²) in [6, 6.07) is 20.4. The monoisotopic (exact) mass is 1080 g/mol. The number of benzene rings is 3. The number of aromatic nitrogens is 2. The van der Waals surface area contributed by atoms with E-state index < -0.39 is 24.3 Å². The largest absolute Gasteiger partial charge is 0.492 e. The van der Waals surface area contributed by atoms with Gasteiger partial charge in [0.15, 0.2) is 0 Å². The number of amides is 5. The van der Waals surface area contributed by atoms with Crippen molar-refractivity contribution in [3.05, 3.63) is 90.1 Å². The van der Waals surface area contributed by atoms with E-state index >= 15 is 0 Å². The van der Waals surface area contributed by atoms with Gasteiger partial charge in [0.05, 0.1) is 76.5 Å². The highest BCUT2D eigenvalue weighted by Crippen LogP contribution is 2.32. The molecule has 76 heavy (non-hydrogen) atoms. The summed E-state index contributed by atoms with van der Waals surface area (Å²) in [5.41, 5.74) is 2.51. The van der Waals surface area contributed by atoms with Gasteiger partial charge in [-0.05, 0) is 54.8 Å². The summed E-state index contributed by atoms with van der Waals surface area (Å²) in [4.78, 5) is 52.3. The minimum absolute atomic E-state index is 0.0309. The maximum Gasteiger partial charge on any atom is 0.407 e. The highest BCUT2D eigenvalue weighted by molar-refractivity contribution is 6.17. The number of unbranched alkanes of at least 4 members (excludes halogenated alkanes) is 3. The molecule has 0 saturated carbocycles. The van der Waals surface area contributed by atoms with Gasteiger partial charge in [-0.1, -0.05) is 70.0 Å². The molecule has 5 N–H and O–H groups in total. The zero-order valence-electron chi connectivity index (χ0n) is 44.2. The van der Waals surface area contributed by atoms with Crippen LogP contribution < -0.4 is 31.3 Å². The molecule has 0 unspecified atom stereocenters. The first kappa shape index (κ1) is 60.7. The average molecular weight is 1080 g/mol. The van der Waals surface area contributed by atoms with Crippen LogP contribution in [0, 0.1) is 0 Å². The van der Waals surface area contributed by atoms with Crippen molar-refractivity contribution in [2.75, 3.05) is 142 Å². The lowest BCUT2D eigenvalue weighted by Crippen LogP contribution is -2.38. The molecule has 5 rings (SSSR count). The lowest BCUT2D eigenvalue weighted by Gasteiger charge is -2.26. The lowest BCUT2D eigenvalue weighted by atomic mass is 9.92. The van der Waals surface area contributed by atoms with Crippen LogP contribution >= 0.6 is 11.6 Å². The van der Waals surface area contributed by atoms with Gasteiger partial charge in [-0.15, -0.1) is 11.6 Å². The van der Waals surface area contributed by atoms with E-state index in [9.17, 15) is 19.2 Å². The molecule has 21 nitrogen and oxygen atoms in total. The molecule has 2 heterocycles. The van der Waals surface area contributed by atoms with Crippen LogP contribution in [-0.4, -0.2) is 170 Å². The molecule has 22 heteroatoms. The molecule has 5 amide bonds. The third-order valence-corrected chi connectivity index (χ3v) is 11.7. The van der Waals surface area contributed by atoms with Crippen LogP contribution in [0.25, 0.3) is 16.5 Å². The van der Waals surface area contributed by atoms with Crippen LogP contribution in [0.4, 0.5) is 30.7 Å². The highest BCUT2D eigenvalue weighted by Gasteiger charge is 2.22. The van der Waals surface area contributed by atoms with E-state index in [1.54, 1.807) is 16.8 Å². The molecular weight excluding hydrogens is 1000 g/mol. The quantitative estimate of drug-likeness (QED) is 0.0130. The second-order valence-electron chi connectivity index (χ2n) is 18.3. The molecule has 1 fully saturated rings. The second-order valence-corrected chi connectivity index (χ2v) is 18.7. The Hall–Kier alpha value is -6.20. The summed E-state index contributed by atoms with van der Waals surface area (Å²) in [7, 11) is 0. The van der Waals surface area contributed by atoms with E-state index in [2.05, 4.69) is 31.5 Å². The topological polar surface area (TPSA) is 233 Å². The zero-order valence-corrected chi connectivity index (χ0v) is 45.0. The van der Waals surface area contributed by atoms with E-state index in [1.807, 2.05) is 87.5 Å². The van der Waals surface area contributed by atoms with Crippen LogP contribution in [0.3, 0.4) is 0 Å². The maximum absolute atomic E-state index is 13.7. The molecule has 4 aromatic rings. The van der Waals surface area contributed by atoms with Crippen molar-refractivity contribution in [2.24, 2.45) is 0 Å². The van der Waals surface area contributed by atoms with E-state index in [1.165, 1.54) is 0 Å². The van der Waals surface area contributed by atoms with Gasteiger partial charge >= 0.3 is 24.3 Å². The zero-order chi connectivity index (χ0) is 54.1. The van der Waals surface area contributed by atoms with E-state index in [4.69, 9.17) is 59.3 Å². The van der Waals surface area contributed by atoms with Crippen molar-refractivity contribution in [3.63, 3.8) is 0 Å². The molecule has 0 radical (unpaired) electrons. The summed E-state index contributed by atoms with van der Waals surface area (Å²) in [5.74, 6) is 1.90. The summed E-state index contributed by atoms with van der Waals surface area (Å²) < 4.78 is 50.5. The van der Waals surface area contributed by atoms with E-state index in [-0.39, 0.29) is 64.8 Å². The number of ether oxygens (including phenoxy) is 9. The van der Waals surface area contributed by atoms with Gasteiger partial charge in [0.2, 0.25) is 0 Å². The molecular formula is C54H77ClN8O13. The summed E-state index contributed by atoms with van der Waals surface area (Å²) in [6.07, 6.45) is 5.57. The normalized spacial score (nSPS) is 12.8. The van der Waals surface area contributed by atoms with Crippen molar-refractivity contribution in [3.8, 4) is 11.4 Å². The van der Waals surface area contributed by atoms with Crippen molar-refractivity contribution in [1.29, 1.82) is 0 Å². The molecule has 418 valence electrons. The van der Waals surface area contributed by atoms with Crippen molar-refractivity contribution in [1.82, 2.24) is 30.6 Å². The van der Waals surface area contributed by atoms with Gasteiger partial charge in [0.1, 0.15) is 38.0 Å². The molecule has 0 atom stereocenters. The van der Waals surface area contributed by atoms with Crippen molar-refractivity contribution in [2.45, 2.75) is 58.4 Å². The summed E-state index contributed by atoms with van der Waals surface area (Å²) in [5, 5.41) is 20.6. The number of urea groups is 1. The SMILES string of the molecule is CC(C)(C)c1cc(NC(=O)Nc2ccc(OCCN3CCOCC3)c3ccccc23)n(-c2cccc(CNC(=O)OC/C=C/COC(=O)NCCOCCOCCOC(=O)NCCOCCOCCCCCCCl)c2)n1. The predicted octanol–water partition coefficient (Wildman–Crippen LogP) is 7.78. The fraction of sp³-hybridized carbons (Fsp3) is 0.537. The summed E-state index contributed by atoms with van der Waals surface area (Å²) in [6.45, 7) is 14.5. The highest BCUT2D eigenvalue weighted by atomic mass is 35.5. The first-order valence-electron chi connectivity index (χ1n) is 26.0. The first-order chi connectivity index (χ1) is 37.0. The molecule has 1 aliphatic rings. The van der Waals surface area contributed by atoms with Crippen LogP contribution in [0.1, 0.15) is 57.7 Å². The number of morpholine rings is 1. The number of anilines is 2. The first-order valence-corrected chi connectivity index (χ1v) is 26.5. The fourth-order valence-corrected chi connectivity index (χ4v) is 7.56. The van der Waals surface area contributed by atoms with Gasteiger partial charge in [-0.3, -0.25) is 10.2 Å².